The summed E-state index contributed by atoms with van der Waals surface area (Å²) in [6.07, 6.45) is 4.17. The van der Waals surface area contributed by atoms with Crippen molar-refractivity contribution in [3.8, 4) is 6.07 Å². The van der Waals surface area contributed by atoms with Crippen molar-refractivity contribution in [2.24, 2.45) is 5.92 Å². The summed E-state index contributed by atoms with van der Waals surface area (Å²) in [6.45, 7) is 2.76. The summed E-state index contributed by atoms with van der Waals surface area (Å²) in [5, 5.41) is 14.2. The highest BCUT2D eigenvalue weighted by Gasteiger charge is 2.32. The predicted molar refractivity (Wildman–Crippen MR) is 53.6 cm³/mol. The minimum Gasteiger partial charge on any atom is -0.338 e. The van der Waals surface area contributed by atoms with Crippen molar-refractivity contribution in [3.05, 3.63) is 0 Å². The number of carbonyl (C=O) groups excluding carboxylic acids is 1. The van der Waals surface area contributed by atoms with Crippen LogP contribution in [0.1, 0.15) is 32.6 Å². The van der Waals surface area contributed by atoms with Crippen molar-refractivity contribution in [1.82, 2.24) is 10.6 Å². The normalized spacial score (nSPS) is 16.9. The number of unbranched alkanes of at least 4 members (excludes halogenated alkanes) is 1. The first-order chi connectivity index (χ1) is 6.77. The maximum atomic E-state index is 11.2. The molecule has 1 atom stereocenters. The Morgan fingerprint density at radius 1 is 1.64 bits per heavy atom. The molecule has 78 valence electrons. The number of nitriles is 1. The van der Waals surface area contributed by atoms with Gasteiger partial charge in [0.2, 0.25) is 0 Å². The van der Waals surface area contributed by atoms with E-state index in [4.69, 9.17) is 5.26 Å². The molecule has 0 aromatic rings. The SMILES string of the molecule is CCCCNC(=O)NC(C#N)C1CC1. The van der Waals surface area contributed by atoms with Crippen LogP contribution in [0.3, 0.4) is 0 Å². The highest BCUT2D eigenvalue weighted by molar-refractivity contribution is 5.74. The second kappa shape index (κ2) is 5.48. The van der Waals surface area contributed by atoms with Crippen molar-refractivity contribution in [2.75, 3.05) is 6.54 Å². The van der Waals surface area contributed by atoms with Crippen LogP contribution in [0.15, 0.2) is 0 Å². The third-order valence-electron chi connectivity index (χ3n) is 2.33. The molecule has 1 aliphatic carbocycles. The fourth-order valence-electron chi connectivity index (χ4n) is 1.26. The summed E-state index contributed by atoms with van der Waals surface area (Å²) >= 11 is 0. The van der Waals surface area contributed by atoms with Crippen LogP contribution in [0.2, 0.25) is 0 Å². The highest BCUT2D eigenvalue weighted by Crippen LogP contribution is 2.32. The molecule has 4 nitrogen and oxygen atoms in total. The molecule has 2 N–H and O–H groups in total. The number of nitrogens with zero attached hydrogens (tertiary/aromatic N) is 1. The molecule has 1 unspecified atom stereocenters. The molecule has 14 heavy (non-hydrogen) atoms. The van der Waals surface area contributed by atoms with E-state index in [0.717, 1.165) is 25.7 Å². The van der Waals surface area contributed by atoms with Crippen molar-refractivity contribution in [1.29, 1.82) is 5.26 Å². The third-order valence-corrected chi connectivity index (χ3v) is 2.33. The zero-order chi connectivity index (χ0) is 10.4. The summed E-state index contributed by atoms with van der Waals surface area (Å²) < 4.78 is 0. The molecular formula is C10H17N3O. The second-order valence-electron chi connectivity index (χ2n) is 3.70. The van der Waals surface area contributed by atoms with Gasteiger partial charge in [-0.15, -0.1) is 0 Å². The van der Waals surface area contributed by atoms with Gasteiger partial charge in [-0.05, 0) is 25.2 Å². The van der Waals surface area contributed by atoms with E-state index >= 15 is 0 Å². The van der Waals surface area contributed by atoms with Gasteiger partial charge < -0.3 is 10.6 Å². The van der Waals surface area contributed by atoms with E-state index in [2.05, 4.69) is 23.6 Å². The summed E-state index contributed by atoms with van der Waals surface area (Å²) in [5.74, 6) is 0.386. The topological polar surface area (TPSA) is 64.9 Å². The summed E-state index contributed by atoms with van der Waals surface area (Å²) in [5.41, 5.74) is 0. The molecular weight excluding hydrogens is 178 g/mol. The van der Waals surface area contributed by atoms with Crippen LogP contribution < -0.4 is 10.6 Å². The molecule has 0 bridgehead atoms. The van der Waals surface area contributed by atoms with Gasteiger partial charge in [0.25, 0.3) is 0 Å². The molecule has 1 rings (SSSR count). The molecule has 1 aliphatic rings. The Balaban J connectivity index is 2.15. The van der Waals surface area contributed by atoms with Gasteiger partial charge in [-0.2, -0.15) is 5.26 Å². The van der Waals surface area contributed by atoms with Crippen LogP contribution in [0.4, 0.5) is 4.79 Å². The van der Waals surface area contributed by atoms with Crippen LogP contribution in [0.5, 0.6) is 0 Å². The first kappa shape index (κ1) is 10.8. The maximum Gasteiger partial charge on any atom is 0.315 e. The monoisotopic (exact) mass is 195 g/mol. The molecule has 0 radical (unpaired) electrons. The molecule has 0 aromatic heterocycles. The molecule has 1 fully saturated rings. The predicted octanol–water partition coefficient (Wildman–Crippen LogP) is 1.39. The van der Waals surface area contributed by atoms with Gasteiger partial charge in [-0.3, -0.25) is 0 Å². The van der Waals surface area contributed by atoms with Crippen LogP contribution in [0.25, 0.3) is 0 Å². The lowest BCUT2D eigenvalue weighted by Gasteiger charge is -2.11. The van der Waals surface area contributed by atoms with E-state index in [-0.39, 0.29) is 12.1 Å². The van der Waals surface area contributed by atoms with E-state index < -0.39 is 0 Å². The lowest BCUT2D eigenvalue weighted by Crippen LogP contribution is -2.42. The molecule has 4 heteroatoms. The van der Waals surface area contributed by atoms with Gasteiger partial charge in [0, 0.05) is 6.54 Å². The zero-order valence-corrected chi connectivity index (χ0v) is 8.55. The smallest absolute Gasteiger partial charge is 0.315 e. The Hall–Kier alpha value is -1.24. The van der Waals surface area contributed by atoms with Crippen molar-refractivity contribution >= 4 is 6.03 Å². The average molecular weight is 195 g/mol. The minimum absolute atomic E-state index is 0.211. The standard InChI is InChI=1S/C10H17N3O/c1-2-3-6-12-10(14)13-9(7-11)8-4-5-8/h8-9H,2-6H2,1H3,(H2,12,13,14). The first-order valence-corrected chi connectivity index (χ1v) is 5.22. The summed E-state index contributed by atoms with van der Waals surface area (Å²) in [4.78, 5) is 11.2. The molecule has 0 saturated heterocycles. The first-order valence-electron chi connectivity index (χ1n) is 5.22. The number of urea groups is 1. The molecule has 0 spiro atoms. The van der Waals surface area contributed by atoms with E-state index in [1.807, 2.05) is 0 Å². The van der Waals surface area contributed by atoms with Gasteiger partial charge in [-0.25, -0.2) is 4.79 Å². The number of carbonyl (C=O) groups is 1. The van der Waals surface area contributed by atoms with Crippen molar-refractivity contribution in [3.63, 3.8) is 0 Å². The Bertz CT molecular complexity index is 230. The largest absolute Gasteiger partial charge is 0.338 e. The molecule has 0 aromatic carbocycles. The van der Waals surface area contributed by atoms with Gasteiger partial charge in [0.05, 0.1) is 6.07 Å². The molecule has 0 aliphatic heterocycles. The van der Waals surface area contributed by atoms with Gasteiger partial charge >= 0.3 is 6.03 Å². The number of hydrogen-bond donors (Lipinski definition) is 2. The van der Waals surface area contributed by atoms with Gasteiger partial charge in [0.1, 0.15) is 6.04 Å². The number of rotatable bonds is 5. The average Bonchev–Trinajstić information content (AvgIpc) is 2.98. The Morgan fingerprint density at radius 2 is 2.36 bits per heavy atom. The van der Waals surface area contributed by atoms with Gasteiger partial charge in [-0.1, -0.05) is 13.3 Å². The summed E-state index contributed by atoms with van der Waals surface area (Å²) in [6, 6.07) is 1.61. The van der Waals surface area contributed by atoms with E-state index in [1.165, 1.54) is 0 Å². The second-order valence-corrected chi connectivity index (χ2v) is 3.70. The lowest BCUT2D eigenvalue weighted by atomic mass is 10.2. The van der Waals surface area contributed by atoms with E-state index in [9.17, 15) is 4.79 Å². The number of amides is 2. The highest BCUT2D eigenvalue weighted by atomic mass is 16.2. The number of hydrogen-bond acceptors (Lipinski definition) is 2. The third kappa shape index (κ3) is 3.65. The Morgan fingerprint density at radius 3 is 2.86 bits per heavy atom. The van der Waals surface area contributed by atoms with E-state index in [0.29, 0.717) is 12.5 Å². The number of nitrogens with one attached hydrogen (secondary N) is 2. The zero-order valence-electron chi connectivity index (χ0n) is 8.55. The Labute approximate surface area is 84.7 Å². The minimum atomic E-state index is -0.295. The van der Waals surface area contributed by atoms with Crippen molar-refractivity contribution in [2.45, 2.75) is 38.6 Å². The van der Waals surface area contributed by atoms with Gasteiger partial charge in [0.15, 0.2) is 0 Å². The fourth-order valence-corrected chi connectivity index (χ4v) is 1.26. The molecule has 0 heterocycles. The molecule has 1 saturated carbocycles. The fraction of sp³-hybridized carbons (Fsp3) is 0.800. The van der Waals surface area contributed by atoms with Crippen molar-refractivity contribution < 1.29 is 4.79 Å². The lowest BCUT2D eigenvalue weighted by molar-refractivity contribution is 0.238. The quantitative estimate of drug-likeness (QED) is 0.651. The van der Waals surface area contributed by atoms with E-state index in [1.54, 1.807) is 0 Å². The van der Waals surface area contributed by atoms with Crippen LogP contribution in [0, 0.1) is 17.2 Å². The Kier molecular flexibility index (Phi) is 4.24. The van der Waals surface area contributed by atoms with Crippen LogP contribution in [-0.4, -0.2) is 18.6 Å². The molecule has 2 amide bonds. The van der Waals surface area contributed by atoms with Crippen LogP contribution >= 0.6 is 0 Å². The summed E-state index contributed by atoms with van der Waals surface area (Å²) in [7, 11) is 0. The maximum absolute atomic E-state index is 11.2. The van der Waals surface area contributed by atoms with Crippen LogP contribution in [-0.2, 0) is 0 Å².